The highest BCUT2D eigenvalue weighted by Crippen LogP contribution is 2.25. The predicted molar refractivity (Wildman–Crippen MR) is 112 cm³/mol. The number of aromatic nitrogens is 5. The number of hydrogen-bond acceptors (Lipinski definition) is 6. The summed E-state index contributed by atoms with van der Waals surface area (Å²) in [4.78, 5) is 13.0. The molecule has 0 aliphatic carbocycles. The molecule has 4 heterocycles. The van der Waals surface area contributed by atoms with E-state index in [0.29, 0.717) is 34.7 Å². The summed E-state index contributed by atoms with van der Waals surface area (Å²) in [6.07, 6.45) is 4.91. The fourth-order valence-corrected chi connectivity index (χ4v) is 3.35. The van der Waals surface area contributed by atoms with Gasteiger partial charge in [0, 0.05) is 17.8 Å². The van der Waals surface area contributed by atoms with E-state index in [-0.39, 0.29) is 11.3 Å². The molecule has 10 heteroatoms. The number of fused-ring (bicyclic) bond motifs is 2. The largest absolute Gasteiger partial charge is 0.495 e. The van der Waals surface area contributed by atoms with E-state index in [2.05, 4.69) is 25.4 Å². The molecular weight excluding hydrogens is 421 g/mol. The van der Waals surface area contributed by atoms with Crippen molar-refractivity contribution >= 4 is 22.4 Å². The van der Waals surface area contributed by atoms with Crippen LogP contribution in [-0.2, 0) is 6.54 Å². The van der Waals surface area contributed by atoms with Crippen LogP contribution in [0.15, 0.2) is 55.0 Å². The Labute approximate surface area is 179 Å². The zero-order valence-corrected chi connectivity index (χ0v) is 16.7. The number of benzene rings is 1. The van der Waals surface area contributed by atoms with Crippen molar-refractivity contribution in [2.45, 2.75) is 6.54 Å². The van der Waals surface area contributed by atoms with Crippen LogP contribution in [0.1, 0.15) is 5.69 Å². The number of halogens is 3. The second-order valence-corrected chi connectivity index (χ2v) is 6.95. The van der Waals surface area contributed by atoms with E-state index in [1.54, 1.807) is 54.5 Å². The second kappa shape index (κ2) is 7.80. The second-order valence-electron chi connectivity index (χ2n) is 6.95. The third-order valence-corrected chi connectivity index (χ3v) is 4.96. The maximum atomic E-state index is 13.7. The minimum absolute atomic E-state index is 0.120. The highest BCUT2D eigenvalue weighted by molar-refractivity contribution is 5.87. The average molecular weight is 436 g/mol. The van der Waals surface area contributed by atoms with E-state index >= 15 is 0 Å². The molecule has 0 saturated heterocycles. The molecule has 1 N–H and O–H groups in total. The Bertz CT molecular complexity index is 1450. The summed E-state index contributed by atoms with van der Waals surface area (Å²) in [6, 6.07) is 8.64. The van der Waals surface area contributed by atoms with Crippen LogP contribution in [0.4, 0.5) is 18.9 Å². The number of hydrogen-bond donors (Lipinski definition) is 1. The van der Waals surface area contributed by atoms with Crippen LogP contribution in [0.25, 0.3) is 27.9 Å². The maximum Gasteiger partial charge on any atom is 0.194 e. The topological polar surface area (TPSA) is 77.2 Å². The lowest BCUT2D eigenvalue weighted by Gasteiger charge is -2.10. The normalized spacial score (nSPS) is 11.2. The Balaban J connectivity index is 1.47. The van der Waals surface area contributed by atoms with Gasteiger partial charge in [0.1, 0.15) is 11.3 Å². The first-order valence-electron chi connectivity index (χ1n) is 9.54. The third-order valence-electron chi connectivity index (χ3n) is 4.96. The van der Waals surface area contributed by atoms with Crippen molar-refractivity contribution in [3.05, 3.63) is 78.1 Å². The summed E-state index contributed by atoms with van der Waals surface area (Å²) in [5, 5.41) is 7.72. The Kier molecular flexibility index (Phi) is 4.81. The number of rotatable bonds is 5. The molecule has 0 aliphatic heterocycles. The number of imidazole rings is 1. The summed E-state index contributed by atoms with van der Waals surface area (Å²) in [6.45, 7) is 0.344. The maximum absolute atomic E-state index is 13.7. The Morgan fingerprint density at radius 3 is 2.56 bits per heavy atom. The lowest BCUT2D eigenvalue weighted by Crippen LogP contribution is -2.06. The van der Waals surface area contributed by atoms with Crippen LogP contribution in [0, 0.1) is 17.5 Å². The van der Waals surface area contributed by atoms with E-state index in [1.165, 1.54) is 0 Å². The Morgan fingerprint density at radius 2 is 1.78 bits per heavy atom. The molecule has 5 rings (SSSR count). The van der Waals surface area contributed by atoms with Gasteiger partial charge in [0.05, 0.1) is 48.6 Å². The third kappa shape index (κ3) is 3.45. The van der Waals surface area contributed by atoms with Gasteiger partial charge < -0.3 is 10.1 Å². The quantitative estimate of drug-likeness (QED) is 0.412. The van der Waals surface area contributed by atoms with Gasteiger partial charge in [-0.3, -0.25) is 4.98 Å². The number of methoxy groups -OCH3 is 1. The van der Waals surface area contributed by atoms with Crippen LogP contribution in [0.3, 0.4) is 0 Å². The highest BCUT2D eigenvalue weighted by atomic mass is 19.2. The fourth-order valence-electron chi connectivity index (χ4n) is 3.35. The van der Waals surface area contributed by atoms with Crippen LogP contribution < -0.4 is 10.1 Å². The summed E-state index contributed by atoms with van der Waals surface area (Å²) >= 11 is 0. The van der Waals surface area contributed by atoms with Crippen LogP contribution in [0.5, 0.6) is 5.75 Å². The fraction of sp³-hybridized carbons (Fsp3) is 0.0909. The minimum atomic E-state index is -1.52. The zero-order valence-electron chi connectivity index (χ0n) is 16.7. The molecule has 32 heavy (non-hydrogen) atoms. The molecule has 4 aromatic heterocycles. The molecule has 0 unspecified atom stereocenters. The van der Waals surface area contributed by atoms with Crippen molar-refractivity contribution in [2.75, 3.05) is 12.4 Å². The smallest absolute Gasteiger partial charge is 0.194 e. The first-order valence-corrected chi connectivity index (χ1v) is 9.54. The number of anilines is 1. The summed E-state index contributed by atoms with van der Waals surface area (Å²) in [5.41, 5.74) is 3.75. The first-order chi connectivity index (χ1) is 15.5. The van der Waals surface area contributed by atoms with E-state index in [4.69, 9.17) is 4.74 Å². The van der Waals surface area contributed by atoms with E-state index in [9.17, 15) is 13.2 Å². The standard InChI is InChI=1S/C22H15F3N6O/c1-32-14-8-19-22(29-11-14)18(4-5-26-19)27-9-13-10-28-20-3-2-17(30-31(13)20)12-6-15(23)21(25)16(24)7-12/h2-8,10-11H,9H2,1H3,(H,26,27). The molecule has 0 atom stereocenters. The molecule has 7 nitrogen and oxygen atoms in total. The number of nitrogens with one attached hydrogen (secondary N) is 1. The van der Waals surface area contributed by atoms with Gasteiger partial charge in [-0.25, -0.2) is 27.7 Å². The van der Waals surface area contributed by atoms with Gasteiger partial charge >= 0.3 is 0 Å². The van der Waals surface area contributed by atoms with Crippen LogP contribution in [0.2, 0.25) is 0 Å². The molecule has 0 saturated carbocycles. The summed E-state index contributed by atoms with van der Waals surface area (Å²) < 4.78 is 47.3. The van der Waals surface area contributed by atoms with Crippen molar-refractivity contribution in [1.82, 2.24) is 24.6 Å². The van der Waals surface area contributed by atoms with Gasteiger partial charge in [-0.1, -0.05) is 0 Å². The van der Waals surface area contributed by atoms with Gasteiger partial charge in [-0.05, 0) is 30.3 Å². The Morgan fingerprint density at radius 1 is 0.969 bits per heavy atom. The summed E-state index contributed by atoms with van der Waals surface area (Å²) in [7, 11) is 1.56. The van der Waals surface area contributed by atoms with Gasteiger partial charge in [0.25, 0.3) is 0 Å². The molecular formula is C22H15F3N6O. The van der Waals surface area contributed by atoms with Gasteiger partial charge in [0.15, 0.2) is 23.1 Å². The van der Waals surface area contributed by atoms with Crippen molar-refractivity contribution in [2.24, 2.45) is 0 Å². The van der Waals surface area contributed by atoms with Crippen molar-refractivity contribution in [1.29, 1.82) is 0 Å². The molecule has 0 aliphatic rings. The van der Waals surface area contributed by atoms with Crippen molar-refractivity contribution < 1.29 is 17.9 Å². The van der Waals surface area contributed by atoms with Crippen molar-refractivity contribution in [3.8, 4) is 17.0 Å². The molecule has 1 aromatic carbocycles. The van der Waals surface area contributed by atoms with Crippen LogP contribution in [-0.4, -0.2) is 31.7 Å². The molecule has 5 aromatic rings. The molecule has 160 valence electrons. The zero-order chi connectivity index (χ0) is 22.2. The minimum Gasteiger partial charge on any atom is -0.495 e. The molecule has 0 radical (unpaired) electrons. The lowest BCUT2D eigenvalue weighted by atomic mass is 10.1. The number of ether oxygens (including phenoxy) is 1. The molecule has 0 amide bonds. The van der Waals surface area contributed by atoms with E-state index < -0.39 is 17.5 Å². The van der Waals surface area contributed by atoms with Gasteiger partial charge in [-0.15, -0.1) is 0 Å². The van der Waals surface area contributed by atoms with E-state index in [0.717, 1.165) is 17.8 Å². The lowest BCUT2D eigenvalue weighted by molar-refractivity contribution is 0.413. The average Bonchev–Trinajstić information content (AvgIpc) is 3.22. The predicted octanol–water partition coefficient (Wildman–Crippen LogP) is 4.38. The number of nitrogens with zero attached hydrogens (tertiary/aromatic N) is 5. The van der Waals surface area contributed by atoms with Gasteiger partial charge in [0.2, 0.25) is 0 Å². The Hall–Kier alpha value is -4.21. The monoisotopic (exact) mass is 436 g/mol. The molecule has 0 fully saturated rings. The first kappa shape index (κ1) is 19.7. The highest BCUT2D eigenvalue weighted by Gasteiger charge is 2.14. The number of pyridine rings is 2. The summed E-state index contributed by atoms with van der Waals surface area (Å²) in [5.74, 6) is -3.46. The van der Waals surface area contributed by atoms with Crippen LogP contribution >= 0.6 is 0 Å². The van der Waals surface area contributed by atoms with E-state index in [1.807, 2.05) is 0 Å². The molecule has 0 bridgehead atoms. The van der Waals surface area contributed by atoms with Crippen molar-refractivity contribution in [3.63, 3.8) is 0 Å². The SMILES string of the molecule is COc1cnc2c(NCc3cnc4ccc(-c5cc(F)c(F)c(F)c5)nn34)ccnc2c1. The van der Waals surface area contributed by atoms with Gasteiger partial charge in [-0.2, -0.15) is 5.10 Å². The molecule has 0 spiro atoms.